The Kier molecular flexibility index (Phi) is 7.32. The minimum Gasteiger partial charge on any atom is -0.409 e. The molecule has 1 aliphatic heterocycles. The lowest BCUT2D eigenvalue weighted by atomic mass is 9.97. The number of halogens is 7. The van der Waals surface area contributed by atoms with Crippen molar-refractivity contribution < 1.29 is 45.4 Å². The van der Waals surface area contributed by atoms with Gasteiger partial charge in [0.1, 0.15) is 5.82 Å². The lowest BCUT2D eigenvalue weighted by molar-refractivity contribution is -0.143. The Balaban J connectivity index is 2.15. The molecule has 1 amide bonds. The second-order valence-electron chi connectivity index (χ2n) is 7.77. The highest BCUT2D eigenvalue weighted by Gasteiger charge is 2.42. The predicted molar refractivity (Wildman–Crippen MR) is 116 cm³/mol. The van der Waals surface area contributed by atoms with Crippen LogP contribution in [-0.4, -0.2) is 43.3 Å². The molecule has 36 heavy (non-hydrogen) atoms. The number of hydrogen-bond acceptors (Lipinski definition) is 6. The van der Waals surface area contributed by atoms with Crippen LogP contribution < -0.4 is 20.7 Å². The highest BCUT2D eigenvalue weighted by molar-refractivity contribution is 6.11. The fourth-order valence-electron chi connectivity index (χ4n) is 3.09. The zero-order chi connectivity index (χ0) is 26.9. The first-order valence-electron chi connectivity index (χ1n) is 10.1. The van der Waals surface area contributed by atoms with Crippen LogP contribution in [0.15, 0.2) is 47.6 Å². The number of nitrogens with two attached hydrogens (primary N) is 1. The van der Waals surface area contributed by atoms with E-state index in [-0.39, 0.29) is 24.8 Å². The van der Waals surface area contributed by atoms with Gasteiger partial charge in [0.25, 0.3) is 0 Å². The standard InChI is InChI=1S/C22H19F7N4O3/c1-33(15-4-2-14(23)3-5-15)19(34)36-18-16(12(8-30)9-32-20(35)10-31-11-20)6-13(21(24,25)26)7-17(18)22(27,28)29/h2-9,31,35H,10-11,30H2,1H3/b12-8+,32-9+. The third-order valence-electron chi connectivity index (χ3n) is 5.15. The maximum Gasteiger partial charge on any atom is 0.420 e. The summed E-state index contributed by atoms with van der Waals surface area (Å²) in [6.45, 7) is -0.0237. The van der Waals surface area contributed by atoms with E-state index in [1.54, 1.807) is 0 Å². The van der Waals surface area contributed by atoms with Crippen molar-refractivity contribution in [3.8, 4) is 5.75 Å². The van der Waals surface area contributed by atoms with Crippen LogP contribution in [-0.2, 0) is 12.4 Å². The van der Waals surface area contributed by atoms with E-state index in [9.17, 15) is 40.6 Å². The average molecular weight is 520 g/mol. The van der Waals surface area contributed by atoms with Crippen molar-refractivity contribution >= 4 is 23.6 Å². The van der Waals surface area contributed by atoms with Gasteiger partial charge in [-0.05, 0) is 36.4 Å². The summed E-state index contributed by atoms with van der Waals surface area (Å²) in [4.78, 5) is 17.2. The van der Waals surface area contributed by atoms with Crippen molar-refractivity contribution in [2.24, 2.45) is 10.7 Å². The van der Waals surface area contributed by atoms with Crippen molar-refractivity contribution in [1.29, 1.82) is 0 Å². The number of hydrogen-bond donors (Lipinski definition) is 3. The molecule has 0 aliphatic carbocycles. The fraction of sp³-hybridized carbons (Fsp3) is 0.273. The Labute approximate surface area is 199 Å². The summed E-state index contributed by atoms with van der Waals surface area (Å²) >= 11 is 0. The van der Waals surface area contributed by atoms with Gasteiger partial charge in [-0.2, -0.15) is 26.3 Å². The Bertz CT molecular complexity index is 1190. The Hall–Kier alpha value is -3.65. The molecular formula is C22H19F7N4O3. The summed E-state index contributed by atoms with van der Waals surface area (Å²) < 4.78 is 100. The Morgan fingerprint density at radius 2 is 1.75 bits per heavy atom. The molecule has 1 saturated heterocycles. The number of rotatable bonds is 5. The van der Waals surface area contributed by atoms with Crippen molar-refractivity contribution in [3.05, 3.63) is 65.1 Å². The number of allylic oxidation sites excluding steroid dienone is 1. The van der Waals surface area contributed by atoms with Gasteiger partial charge < -0.3 is 20.9 Å². The molecule has 0 bridgehead atoms. The van der Waals surface area contributed by atoms with E-state index in [0.717, 1.165) is 42.4 Å². The molecule has 0 radical (unpaired) electrons. The number of anilines is 1. The fourth-order valence-corrected chi connectivity index (χ4v) is 3.09. The maximum atomic E-state index is 13.9. The predicted octanol–water partition coefficient (Wildman–Crippen LogP) is 4.16. The number of nitrogens with one attached hydrogen (secondary N) is 1. The number of ether oxygens (including phenoxy) is 1. The molecule has 3 rings (SSSR count). The number of β-amino-alcohol motifs (C(OH)–C–C–N with tert-alkyl or cyclic N) is 1. The normalized spacial score (nSPS) is 16.1. The summed E-state index contributed by atoms with van der Waals surface area (Å²) in [6.07, 6.45) is -10.5. The molecule has 0 aromatic heterocycles. The Morgan fingerprint density at radius 3 is 2.22 bits per heavy atom. The highest BCUT2D eigenvalue weighted by Crippen LogP contribution is 2.44. The van der Waals surface area contributed by atoms with Gasteiger partial charge in [0.2, 0.25) is 0 Å². The molecular weight excluding hydrogens is 501 g/mol. The van der Waals surface area contributed by atoms with E-state index in [1.807, 2.05) is 0 Å². The number of carbonyl (C=O) groups is 1. The van der Waals surface area contributed by atoms with E-state index >= 15 is 0 Å². The largest absolute Gasteiger partial charge is 0.420 e. The number of nitrogens with zero attached hydrogens (tertiary/aromatic N) is 2. The number of aliphatic imine (C=N–C) groups is 1. The number of carbonyl (C=O) groups excluding carboxylic acids is 1. The topological polar surface area (TPSA) is 100 Å². The molecule has 2 aromatic carbocycles. The molecule has 7 nitrogen and oxygen atoms in total. The molecule has 0 saturated carbocycles. The maximum absolute atomic E-state index is 13.9. The molecule has 194 valence electrons. The molecule has 0 atom stereocenters. The van der Waals surface area contributed by atoms with Crippen LogP contribution in [0.4, 0.5) is 41.2 Å². The van der Waals surface area contributed by atoms with E-state index in [0.29, 0.717) is 12.3 Å². The zero-order valence-corrected chi connectivity index (χ0v) is 18.4. The minimum absolute atomic E-state index is 0.0119. The molecule has 2 aromatic rings. The van der Waals surface area contributed by atoms with Gasteiger partial charge in [-0.3, -0.25) is 9.89 Å². The second kappa shape index (κ2) is 9.78. The van der Waals surface area contributed by atoms with Crippen LogP contribution >= 0.6 is 0 Å². The van der Waals surface area contributed by atoms with Crippen molar-refractivity contribution in [2.75, 3.05) is 25.0 Å². The van der Waals surface area contributed by atoms with Crippen LogP contribution in [0.5, 0.6) is 5.75 Å². The smallest absolute Gasteiger partial charge is 0.409 e. The highest BCUT2D eigenvalue weighted by atomic mass is 19.4. The van der Waals surface area contributed by atoms with Gasteiger partial charge in [-0.1, -0.05) is 0 Å². The molecule has 1 fully saturated rings. The van der Waals surface area contributed by atoms with Crippen LogP contribution in [0, 0.1) is 5.82 Å². The zero-order valence-electron chi connectivity index (χ0n) is 18.4. The van der Waals surface area contributed by atoms with Gasteiger partial charge >= 0.3 is 18.4 Å². The molecule has 1 aliphatic rings. The summed E-state index contributed by atoms with van der Waals surface area (Å²) in [5.74, 6) is -1.92. The van der Waals surface area contributed by atoms with Crippen molar-refractivity contribution in [2.45, 2.75) is 18.1 Å². The first-order chi connectivity index (χ1) is 16.6. The summed E-state index contributed by atoms with van der Waals surface area (Å²) in [7, 11) is 1.10. The third kappa shape index (κ3) is 5.94. The van der Waals surface area contributed by atoms with Gasteiger partial charge in [0, 0.05) is 49.4 Å². The third-order valence-corrected chi connectivity index (χ3v) is 5.15. The molecule has 0 unspecified atom stereocenters. The number of amides is 1. The van der Waals surface area contributed by atoms with Crippen molar-refractivity contribution in [3.63, 3.8) is 0 Å². The van der Waals surface area contributed by atoms with Gasteiger partial charge in [-0.15, -0.1) is 0 Å². The summed E-state index contributed by atoms with van der Waals surface area (Å²) in [5.41, 5.74) is -1.05. The average Bonchev–Trinajstić information content (AvgIpc) is 2.77. The SMILES string of the molecule is CN(C(=O)Oc1c(C(=C/N)/C=N/C2(O)CNC2)cc(C(F)(F)F)cc1C(F)(F)F)c1ccc(F)cc1. The monoisotopic (exact) mass is 520 g/mol. The quantitative estimate of drug-likeness (QED) is 0.406. The van der Waals surface area contributed by atoms with E-state index < -0.39 is 58.0 Å². The lowest BCUT2D eigenvalue weighted by Gasteiger charge is -2.33. The van der Waals surface area contributed by atoms with E-state index in [1.165, 1.54) is 0 Å². The second-order valence-corrected chi connectivity index (χ2v) is 7.77. The van der Waals surface area contributed by atoms with Crippen LogP contribution in [0.2, 0.25) is 0 Å². The van der Waals surface area contributed by atoms with Gasteiger partial charge in [-0.25, -0.2) is 9.18 Å². The molecule has 4 N–H and O–H groups in total. The van der Waals surface area contributed by atoms with E-state index in [4.69, 9.17) is 10.5 Å². The van der Waals surface area contributed by atoms with Gasteiger partial charge in [0.15, 0.2) is 11.5 Å². The molecule has 0 spiro atoms. The summed E-state index contributed by atoms with van der Waals surface area (Å²) in [6, 6.07) is 4.37. The summed E-state index contributed by atoms with van der Waals surface area (Å²) in [5, 5.41) is 12.8. The minimum atomic E-state index is -5.38. The number of benzene rings is 2. The number of aliphatic hydroxyl groups is 1. The van der Waals surface area contributed by atoms with Crippen LogP contribution in [0.1, 0.15) is 16.7 Å². The van der Waals surface area contributed by atoms with E-state index in [2.05, 4.69) is 10.3 Å². The van der Waals surface area contributed by atoms with Crippen LogP contribution in [0.25, 0.3) is 5.57 Å². The number of alkyl halides is 6. The van der Waals surface area contributed by atoms with Gasteiger partial charge in [0.05, 0.1) is 11.1 Å². The Morgan fingerprint density at radius 1 is 1.14 bits per heavy atom. The lowest BCUT2D eigenvalue weighted by Crippen LogP contribution is -2.58. The molecule has 14 heteroatoms. The first kappa shape index (κ1) is 26.9. The van der Waals surface area contributed by atoms with Crippen molar-refractivity contribution in [1.82, 2.24) is 5.32 Å². The first-order valence-corrected chi connectivity index (χ1v) is 10.1. The van der Waals surface area contributed by atoms with Crippen LogP contribution in [0.3, 0.4) is 0 Å². The molecule has 1 heterocycles.